The number of thiocarbonyl (C=S) groups is 1. The van der Waals surface area contributed by atoms with Gasteiger partial charge in [-0.3, -0.25) is 0 Å². The second kappa shape index (κ2) is 9.96. The van der Waals surface area contributed by atoms with E-state index < -0.39 is 6.36 Å². The van der Waals surface area contributed by atoms with Crippen molar-refractivity contribution in [2.24, 2.45) is 5.11 Å². The molecule has 0 bridgehead atoms. The normalized spacial score (nSPS) is 12.1. The summed E-state index contributed by atoms with van der Waals surface area (Å²) < 4.78 is 41.5. The number of anilines is 1. The molecule has 0 saturated carbocycles. The number of halogens is 3. The van der Waals surface area contributed by atoms with Gasteiger partial charge in [0.05, 0.1) is 0 Å². The van der Waals surface area contributed by atoms with Crippen molar-refractivity contribution in [1.29, 1.82) is 0 Å². The van der Waals surface area contributed by atoms with Crippen LogP contribution in [0.15, 0.2) is 53.6 Å². The Kier molecular flexibility index (Phi) is 7.66. The average molecular weight is 408 g/mol. The Morgan fingerprint density at radius 3 is 2.64 bits per heavy atom. The van der Waals surface area contributed by atoms with Gasteiger partial charge in [0.25, 0.3) is 0 Å². The molecule has 0 aliphatic rings. The van der Waals surface area contributed by atoms with E-state index in [0.29, 0.717) is 35.4 Å². The highest BCUT2D eigenvalue weighted by Gasteiger charge is 2.31. The van der Waals surface area contributed by atoms with Crippen LogP contribution in [0.1, 0.15) is 29.9 Å². The van der Waals surface area contributed by atoms with E-state index in [4.69, 9.17) is 23.5 Å². The molecule has 0 fully saturated rings. The van der Waals surface area contributed by atoms with Crippen LogP contribution < -0.4 is 10.5 Å². The maximum atomic E-state index is 12.5. The number of hydrogen-bond donors (Lipinski definition) is 1. The summed E-state index contributed by atoms with van der Waals surface area (Å²) in [6, 6.07) is 13.2. The van der Waals surface area contributed by atoms with Crippen LogP contribution in [0.3, 0.4) is 0 Å². The zero-order valence-corrected chi connectivity index (χ0v) is 15.7. The summed E-state index contributed by atoms with van der Waals surface area (Å²) in [4.78, 5) is 3.44. The molecule has 1 unspecified atom stereocenters. The van der Waals surface area contributed by atoms with E-state index >= 15 is 0 Å². The molecule has 2 aromatic rings. The summed E-state index contributed by atoms with van der Waals surface area (Å²) in [5.74, 6) is -0.503. The number of nitrogens with two attached hydrogens (primary N) is 1. The number of hydrogen-bond acceptors (Lipinski definition) is 4. The maximum absolute atomic E-state index is 12.5. The Morgan fingerprint density at radius 1 is 1.21 bits per heavy atom. The lowest BCUT2D eigenvalue weighted by Gasteiger charge is -2.19. The largest absolute Gasteiger partial charge is 0.573 e. The van der Waals surface area contributed by atoms with E-state index in [1.165, 1.54) is 18.2 Å². The van der Waals surface area contributed by atoms with E-state index in [0.717, 1.165) is 5.56 Å². The van der Waals surface area contributed by atoms with Gasteiger partial charge in [0.15, 0.2) is 0 Å². The fourth-order valence-corrected chi connectivity index (χ4v) is 3.22. The number of nitrogens with zero attached hydrogens (tertiary/aromatic N) is 3. The zero-order valence-electron chi connectivity index (χ0n) is 14.9. The summed E-state index contributed by atoms with van der Waals surface area (Å²) in [5.41, 5.74) is 16.6. The number of rotatable bonds is 9. The molecule has 0 radical (unpaired) electrons. The van der Waals surface area contributed by atoms with Gasteiger partial charge < -0.3 is 10.5 Å². The van der Waals surface area contributed by atoms with E-state index in [-0.39, 0.29) is 18.2 Å². The first-order valence-corrected chi connectivity index (χ1v) is 8.91. The van der Waals surface area contributed by atoms with Crippen LogP contribution in [-0.4, -0.2) is 17.8 Å². The van der Waals surface area contributed by atoms with Gasteiger partial charge in [-0.1, -0.05) is 47.7 Å². The summed E-state index contributed by atoms with van der Waals surface area (Å²) in [6.07, 6.45) is -3.39. The monoisotopic (exact) mass is 408 g/mol. The quantitative estimate of drug-likeness (QED) is 0.183. The SMILES string of the molecule is [N-]=[N+]=NCCC(CC(=S)Cc1ccccc1N)c1cccc(OC(F)(F)F)c1. The highest BCUT2D eigenvalue weighted by atomic mass is 32.1. The Labute approximate surface area is 165 Å². The van der Waals surface area contributed by atoms with Crippen molar-refractivity contribution in [2.75, 3.05) is 12.3 Å². The molecular weight excluding hydrogens is 389 g/mol. The molecule has 2 aromatic carbocycles. The number of ether oxygens (including phenoxy) is 1. The van der Waals surface area contributed by atoms with Gasteiger partial charge in [0.2, 0.25) is 0 Å². The minimum absolute atomic E-state index is 0.209. The van der Waals surface area contributed by atoms with Gasteiger partial charge in [0.1, 0.15) is 5.75 Å². The van der Waals surface area contributed by atoms with Crippen LogP contribution in [0.5, 0.6) is 5.75 Å². The highest BCUT2D eigenvalue weighted by Crippen LogP contribution is 2.30. The molecule has 9 heteroatoms. The molecular formula is C19H19F3N4OS. The van der Waals surface area contributed by atoms with Crippen LogP contribution in [0, 0.1) is 0 Å². The van der Waals surface area contributed by atoms with E-state index in [9.17, 15) is 13.2 Å². The Balaban J connectivity index is 2.17. The standard InChI is InChI=1S/C19H19F3N4OS/c20-19(21,22)27-16-6-3-5-13(10-16)14(8-9-25-26-24)11-17(28)12-15-4-1-2-7-18(15)23/h1-7,10,14H,8-9,11-12,23H2. The van der Waals surface area contributed by atoms with Gasteiger partial charge in [-0.05, 0) is 58.5 Å². The summed E-state index contributed by atoms with van der Waals surface area (Å²) >= 11 is 5.50. The molecule has 0 heterocycles. The maximum Gasteiger partial charge on any atom is 0.573 e. The number of benzene rings is 2. The minimum atomic E-state index is -4.76. The van der Waals surface area contributed by atoms with Crippen molar-refractivity contribution >= 4 is 22.8 Å². The van der Waals surface area contributed by atoms with Gasteiger partial charge >= 0.3 is 6.36 Å². The van der Waals surface area contributed by atoms with Crippen LogP contribution in [0.25, 0.3) is 10.4 Å². The Hall–Kier alpha value is -2.77. The van der Waals surface area contributed by atoms with Gasteiger partial charge in [-0.25, -0.2) is 0 Å². The van der Waals surface area contributed by atoms with Crippen LogP contribution in [0.2, 0.25) is 0 Å². The van der Waals surface area contributed by atoms with Crippen molar-refractivity contribution in [3.63, 3.8) is 0 Å². The number of para-hydroxylation sites is 1. The lowest BCUT2D eigenvalue weighted by Crippen LogP contribution is -2.17. The molecule has 0 aromatic heterocycles. The molecule has 0 aliphatic heterocycles. The summed E-state index contributed by atoms with van der Waals surface area (Å²) in [7, 11) is 0. The Morgan fingerprint density at radius 2 is 1.96 bits per heavy atom. The highest BCUT2D eigenvalue weighted by molar-refractivity contribution is 7.80. The number of alkyl halides is 3. The summed E-state index contributed by atoms with van der Waals surface area (Å²) in [5, 5.41) is 3.53. The van der Waals surface area contributed by atoms with Crippen LogP contribution >= 0.6 is 12.2 Å². The molecule has 1 atom stereocenters. The van der Waals surface area contributed by atoms with Gasteiger partial charge in [-0.15, -0.1) is 13.2 Å². The first kappa shape index (κ1) is 21.5. The lowest BCUT2D eigenvalue weighted by atomic mass is 9.89. The third kappa shape index (κ3) is 7.09. The first-order valence-electron chi connectivity index (χ1n) is 8.50. The molecule has 148 valence electrons. The second-order valence-corrected chi connectivity index (χ2v) is 6.76. The molecule has 0 amide bonds. The Bertz CT molecular complexity index is 866. The average Bonchev–Trinajstić information content (AvgIpc) is 2.62. The lowest BCUT2D eigenvalue weighted by molar-refractivity contribution is -0.274. The van der Waals surface area contributed by atoms with Crippen LogP contribution in [-0.2, 0) is 6.42 Å². The van der Waals surface area contributed by atoms with Gasteiger partial charge in [0, 0.05) is 23.6 Å². The van der Waals surface area contributed by atoms with Crippen molar-refractivity contribution in [2.45, 2.75) is 31.5 Å². The predicted molar refractivity (Wildman–Crippen MR) is 106 cm³/mol. The number of azide groups is 1. The van der Waals surface area contributed by atoms with Crippen molar-refractivity contribution in [1.82, 2.24) is 0 Å². The molecule has 5 nitrogen and oxygen atoms in total. The van der Waals surface area contributed by atoms with E-state index in [2.05, 4.69) is 14.8 Å². The first-order chi connectivity index (χ1) is 13.3. The molecule has 2 N–H and O–H groups in total. The summed E-state index contributed by atoms with van der Waals surface area (Å²) in [6.45, 7) is 0.210. The third-order valence-electron chi connectivity index (χ3n) is 4.12. The van der Waals surface area contributed by atoms with E-state index in [1.54, 1.807) is 12.1 Å². The molecule has 0 spiro atoms. The second-order valence-electron chi connectivity index (χ2n) is 6.18. The minimum Gasteiger partial charge on any atom is -0.406 e. The molecule has 2 rings (SSSR count). The van der Waals surface area contributed by atoms with Crippen LogP contribution in [0.4, 0.5) is 18.9 Å². The van der Waals surface area contributed by atoms with Crippen molar-refractivity contribution in [3.8, 4) is 5.75 Å². The topological polar surface area (TPSA) is 84.0 Å². The van der Waals surface area contributed by atoms with Crippen molar-refractivity contribution < 1.29 is 17.9 Å². The molecule has 28 heavy (non-hydrogen) atoms. The van der Waals surface area contributed by atoms with E-state index in [1.807, 2.05) is 18.2 Å². The number of nitrogen functional groups attached to an aromatic ring is 1. The fraction of sp³-hybridized carbons (Fsp3) is 0.316. The fourth-order valence-electron chi connectivity index (χ4n) is 2.87. The molecule has 0 saturated heterocycles. The predicted octanol–water partition coefficient (Wildman–Crippen LogP) is 5.95. The van der Waals surface area contributed by atoms with Crippen molar-refractivity contribution in [3.05, 3.63) is 70.1 Å². The zero-order chi connectivity index (χ0) is 20.6. The van der Waals surface area contributed by atoms with Gasteiger partial charge in [-0.2, -0.15) is 0 Å². The third-order valence-corrected chi connectivity index (χ3v) is 4.43. The smallest absolute Gasteiger partial charge is 0.406 e. The molecule has 0 aliphatic carbocycles.